The molecular formula is C33H39N5O5. The average Bonchev–Trinajstić information content (AvgIpc) is 3.68. The number of hydrogen-bond acceptors (Lipinski definition) is 8. The summed E-state index contributed by atoms with van der Waals surface area (Å²) >= 11 is 0. The van der Waals surface area contributed by atoms with Crippen LogP contribution in [0.2, 0.25) is 0 Å². The van der Waals surface area contributed by atoms with Crippen LogP contribution in [-0.2, 0) is 16.0 Å². The van der Waals surface area contributed by atoms with E-state index in [4.69, 9.17) is 14.0 Å². The molecule has 0 N–H and O–H groups in total. The fourth-order valence-corrected chi connectivity index (χ4v) is 5.75. The van der Waals surface area contributed by atoms with Gasteiger partial charge in [0.15, 0.2) is 0 Å². The number of likely N-dealkylation sites (tertiary alicyclic amines) is 1. The molecule has 2 aliphatic rings. The number of amides is 2. The lowest BCUT2D eigenvalue weighted by Gasteiger charge is -2.37. The van der Waals surface area contributed by atoms with Gasteiger partial charge in [-0.15, -0.1) is 0 Å². The summed E-state index contributed by atoms with van der Waals surface area (Å²) in [6, 6.07) is 12.9. The zero-order valence-corrected chi connectivity index (χ0v) is 25.6. The molecule has 3 aromatic rings. The molecule has 1 aliphatic carbocycles. The molecule has 1 aliphatic heterocycles. The van der Waals surface area contributed by atoms with E-state index in [1.165, 1.54) is 0 Å². The minimum atomic E-state index is -0.697. The van der Waals surface area contributed by atoms with E-state index in [2.05, 4.69) is 16.2 Å². The Kier molecular flexibility index (Phi) is 8.71. The summed E-state index contributed by atoms with van der Waals surface area (Å²) in [5.74, 6) is 1.16. The monoisotopic (exact) mass is 585 g/mol. The molecule has 5 rings (SSSR count). The van der Waals surface area contributed by atoms with Crippen molar-refractivity contribution in [3.05, 3.63) is 53.1 Å². The van der Waals surface area contributed by atoms with Crippen molar-refractivity contribution in [1.82, 2.24) is 19.9 Å². The van der Waals surface area contributed by atoms with E-state index in [0.717, 1.165) is 55.5 Å². The number of aromatic nitrogens is 2. The summed E-state index contributed by atoms with van der Waals surface area (Å²) in [6.07, 6.45) is 3.70. The van der Waals surface area contributed by atoms with Crippen molar-refractivity contribution in [3.63, 3.8) is 0 Å². The Morgan fingerprint density at radius 2 is 1.93 bits per heavy atom. The van der Waals surface area contributed by atoms with Gasteiger partial charge in [0, 0.05) is 24.2 Å². The molecule has 2 amide bonds. The van der Waals surface area contributed by atoms with Gasteiger partial charge in [0.1, 0.15) is 24.0 Å². The zero-order valence-electron chi connectivity index (χ0n) is 25.6. The third-order valence-electron chi connectivity index (χ3n) is 7.62. The molecule has 0 radical (unpaired) electrons. The molecule has 2 heterocycles. The van der Waals surface area contributed by atoms with E-state index in [1.807, 2.05) is 57.7 Å². The summed E-state index contributed by atoms with van der Waals surface area (Å²) < 4.78 is 17.2. The predicted molar refractivity (Wildman–Crippen MR) is 160 cm³/mol. The van der Waals surface area contributed by atoms with Gasteiger partial charge in [0.05, 0.1) is 17.7 Å². The normalized spacial score (nSPS) is 16.5. The third kappa shape index (κ3) is 6.82. The maximum absolute atomic E-state index is 13.5. The highest BCUT2D eigenvalue weighted by molar-refractivity contribution is 5.83. The molecule has 10 nitrogen and oxygen atoms in total. The molecule has 0 unspecified atom stereocenters. The van der Waals surface area contributed by atoms with Crippen LogP contribution in [0.15, 0.2) is 40.9 Å². The Hall–Kier alpha value is -4.39. The second kappa shape index (κ2) is 12.5. The molecule has 1 aromatic heterocycles. The lowest BCUT2D eigenvalue weighted by molar-refractivity contribution is -0.132. The van der Waals surface area contributed by atoms with E-state index in [9.17, 15) is 14.9 Å². The Bertz CT molecular complexity index is 1530. The largest absolute Gasteiger partial charge is 0.490 e. The van der Waals surface area contributed by atoms with Crippen LogP contribution >= 0.6 is 0 Å². The van der Waals surface area contributed by atoms with E-state index in [1.54, 1.807) is 23.1 Å². The minimum absolute atomic E-state index is 0.0344. The first kappa shape index (κ1) is 30.1. The van der Waals surface area contributed by atoms with Gasteiger partial charge < -0.3 is 18.9 Å². The second-order valence-corrected chi connectivity index (χ2v) is 12.4. The SMILES string of the molecule is CC(C)Oc1ccc(-c2nc(-c3cccc4c3CCC[C@H]4N(CC(=O)N3CCCC3)C(=O)OC(C)(C)C)no2)cc1C#N. The number of benzene rings is 2. The van der Waals surface area contributed by atoms with Gasteiger partial charge in [-0.2, -0.15) is 10.2 Å². The van der Waals surface area contributed by atoms with Crippen molar-refractivity contribution in [2.75, 3.05) is 19.6 Å². The van der Waals surface area contributed by atoms with E-state index >= 15 is 0 Å². The fourth-order valence-electron chi connectivity index (χ4n) is 5.75. The van der Waals surface area contributed by atoms with Crippen LogP contribution in [0.1, 0.15) is 83.0 Å². The minimum Gasteiger partial charge on any atom is -0.490 e. The number of rotatable bonds is 7. The van der Waals surface area contributed by atoms with Crippen LogP contribution < -0.4 is 4.74 Å². The average molecular weight is 586 g/mol. The lowest BCUT2D eigenvalue weighted by atomic mass is 9.84. The Labute approximate surface area is 252 Å². The van der Waals surface area contributed by atoms with Gasteiger partial charge in [-0.25, -0.2) is 4.79 Å². The maximum atomic E-state index is 13.5. The van der Waals surface area contributed by atoms with Crippen LogP contribution in [0.4, 0.5) is 4.79 Å². The highest BCUT2D eigenvalue weighted by Crippen LogP contribution is 2.40. The molecule has 0 bridgehead atoms. The molecular weight excluding hydrogens is 546 g/mol. The number of carbonyl (C=O) groups is 2. The van der Waals surface area contributed by atoms with Crippen molar-refractivity contribution in [1.29, 1.82) is 5.26 Å². The van der Waals surface area contributed by atoms with E-state index in [-0.39, 0.29) is 24.6 Å². The molecule has 1 atom stereocenters. The molecule has 0 saturated carbocycles. The Balaban J connectivity index is 1.46. The van der Waals surface area contributed by atoms with Crippen molar-refractivity contribution < 1.29 is 23.6 Å². The smallest absolute Gasteiger partial charge is 0.411 e. The predicted octanol–water partition coefficient (Wildman–Crippen LogP) is 6.30. The second-order valence-electron chi connectivity index (χ2n) is 12.4. The van der Waals surface area contributed by atoms with Crippen LogP contribution in [0.5, 0.6) is 5.75 Å². The first-order valence-electron chi connectivity index (χ1n) is 15.0. The van der Waals surface area contributed by atoms with Gasteiger partial charge in [0.25, 0.3) is 5.89 Å². The summed E-state index contributed by atoms with van der Waals surface area (Å²) in [4.78, 5) is 34.9. The van der Waals surface area contributed by atoms with Gasteiger partial charge in [-0.1, -0.05) is 23.4 Å². The number of nitrogens with zero attached hydrogens (tertiary/aromatic N) is 5. The Morgan fingerprint density at radius 3 is 2.63 bits per heavy atom. The molecule has 2 aromatic carbocycles. The number of fused-ring (bicyclic) bond motifs is 1. The summed E-state index contributed by atoms with van der Waals surface area (Å²) in [7, 11) is 0. The number of nitriles is 1. The Morgan fingerprint density at radius 1 is 1.16 bits per heavy atom. The van der Waals surface area contributed by atoms with E-state index in [0.29, 0.717) is 35.0 Å². The van der Waals surface area contributed by atoms with Crippen molar-refractivity contribution in [3.8, 4) is 34.7 Å². The van der Waals surface area contributed by atoms with Gasteiger partial charge in [-0.05, 0) is 96.0 Å². The highest BCUT2D eigenvalue weighted by atomic mass is 16.6. The summed E-state index contributed by atoms with van der Waals surface area (Å²) in [5, 5.41) is 13.9. The molecule has 226 valence electrons. The lowest BCUT2D eigenvalue weighted by Crippen LogP contribution is -2.46. The van der Waals surface area contributed by atoms with Crippen molar-refractivity contribution >= 4 is 12.0 Å². The van der Waals surface area contributed by atoms with Crippen molar-refractivity contribution in [2.24, 2.45) is 0 Å². The highest BCUT2D eigenvalue weighted by Gasteiger charge is 2.36. The summed E-state index contributed by atoms with van der Waals surface area (Å²) in [6.45, 7) is 10.7. The van der Waals surface area contributed by atoms with Crippen molar-refractivity contribution in [2.45, 2.75) is 84.5 Å². The van der Waals surface area contributed by atoms with Gasteiger partial charge in [-0.3, -0.25) is 9.69 Å². The number of ether oxygens (including phenoxy) is 2. The van der Waals surface area contributed by atoms with Crippen LogP contribution in [0.25, 0.3) is 22.8 Å². The van der Waals surface area contributed by atoms with Crippen LogP contribution in [-0.4, -0.2) is 63.3 Å². The topological polar surface area (TPSA) is 122 Å². The zero-order chi connectivity index (χ0) is 30.7. The number of carbonyl (C=O) groups excluding carboxylic acids is 2. The van der Waals surface area contributed by atoms with Crippen LogP contribution in [0, 0.1) is 11.3 Å². The molecule has 43 heavy (non-hydrogen) atoms. The molecule has 10 heteroatoms. The number of hydrogen-bond donors (Lipinski definition) is 0. The van der Waals surface area contributed by atoms with Gasteiger partial charge in [0.2, 0.25) is 11.7 Å². The van der Waals surface area contributed by atoms with Gasteiger partial charge >= 0.3 is 6.09 Å². The molecule has 1 saturated heterocycles. The quantitative estimate of drug-likeness (QED) is 0.317. The first-order valence-corrected chi connectivity index (χ1v) is 15.0. The maximum Gasteiger partial charge on any atom is 0.411 e. The fraction of sp³-hybridized carbons (Fsp3) is 0.485. The summed E-state index contributed by atoms with van der Waals surface area (Å²) in [5.41, 5.74) is 3.09. The third-order valence-corrected chi connectivity index (χ3v) is 7.62. The van der Waals surface area contributed by atoms with Crippen LogP contribution in [0.3, 0.4) is 0 Å². The van der Waals surface area contributed by atoms with E-state index < -0.39 is 11.7 Å². The standard InChI is InChI=1S/C33H39N5O5/c1-21(2)41-28-15-14-22(18-23(28)19-34)31-35-30(36-43-31)26-12-8-11-25-24(26)10-9-13-27(25)38(32(40)42-33(3,4)5)20-29(39)37-16-6-7-17-37/h8,11-12,14-15,18,21,27H,6-7,9-10,13,16-17,20H2,1-5H3/t27-/m1/s1. The first-order chi connectivity index (χ1) is 20.5. The molecule has 1 fully saturated rings. The molecule has 0 spiro atoms.